The van der Waals surface area contributed by atoms with Crippen molar-refractivity contribution < 1.29 is 14.4 Å². The van der Waals surface area contributed by atoms with Gasteiger partial charge in [0, 0.05) is 9.26 Å². The highest BCUT2D eigenvalue weighted by Gasteiger charge is 2.36. The van der Waals surface area contributed by atoms with Gasteiger partial charge in [0.25, 0.3) is 11.1 Å². The molecule has 1 aliphatic heterocycles. The lowest BCUT2D eigenvalue weighted by molar-refractivity contribution is -0.127. The lowest BCUT2D eigenvalue weighted by Gasteiger charge is -2.14. The summed E-state index contributed by atoms with van der Waals surface area (Å²) in [4.78, 5) is 38.4. The number of rotatable bonds is 4. The molecule has 1 fully saturated rings. The fraction of sp³-hybridized carbons (Fsp3) is 0.150. The van der Waals surface area contributed by atoms with Gasteiger partial charge in [0.1, 0.15) is 6.54 Å². The highest BCUT2D eigenvalue weighted by molar-refractivity contribution is 14.1. The van der Waals surface area contributed by atoms with Gasteiger partial charge in [-0.2, -0.15) is 0 Å². The average Bonchev–Trinajstić information content (AvgIpc) is 2.87. The third kappa shape index (κ3) is 4.59. The van der Waals surface area contributed by atoms with E-state index in [4.69, 9.17) is 0 Å². The van der Waals surface area contributed by atoms with Crippen LogP contribution in [0.5, 0.6) is 0 Å². The summed E-state index contributed by atoms with van der Waals surface area (Å²) in [7, 11) is 0. The van der Waals surface area contributed by atoms with Gasteiger partial charge >= 0.3 is 0 Å². The van der Waals surface area contributed by atoms with E-state index < -0.39 is 17.1 Å². The Bertz CT molecular complexity index is 971. The number of carbonyl (C=O) groups excluding carboxylic acids is 3. The van der Waals surface area contributed by atoms with E-state index in [9.17, 15) is 14.4 Å². The summed E-state index contributed by atoms with van der Waals surface area (Å²) in [5.74, 6) is -0.847. The maximum absolute atomic E-state index is 12.6. The zero-order chi connectivity index (χ0) is 19.6. The number of imide groups is 1. The topological polar surface area (TPSA) is 66.5 Å². The van der Waals surface area contributed by atoms with Crippen molar-refractivity contribution in [3.8, 4) is 0 Å². The van der Waals surface area contributed by atoms with E-state index >= 15 is 0 Å². The zero-order valence-electron chi connectivity index (χ0n) is 14.8. The highest BCUT2D eigenvalue weighted by atomic mass is 127. The average molecular weight is 492 g/mol. The maximum atomic E-state index is 12.6. The lowest BCUT2D eigenvalue weighted by atomic mass is 10.1. The maximum Gasteiger partial charge on any atom is 0.294 e. The van der Waals surface area contributed by atoms with Gasteiger partial charge in [-0.05, 0) is 77.5 Å². The summed E-state index contributed by atoms with van der Waals surface area (Å²) in [6, 6.07) is 13.2. The van der Waals surface area contributed by atoms with Crippen LogP contribution < -0.4 is 5.32 Å². The van der Waals surface area contributed by atoms with Crippen LogP contribution in [-0.2, 0) is 9.59 Å². The minimum atomic E-state index is -0.444. The van der Waals surface area contributed by atoms with Gasteiger partial charge in [-0.25, -0.2) is 0 Å². The fourth-order valence-electron chi connectivity index (χ4n) is 2.66. The van der Waals surface area contributed by atoms with Gasteiger partial charge in [-0.3, -0.25) is 19.3 Å². The van der Waals surface area contributed by atoms with E-state index in [-0.39, 0.29) is 6.54 Å². The Labute approximate surface area is 175 Å². The van der Waals surface area contributed by atoms with Crippen LogP contribution in [0.4, 0.5) is 10.5 Å². The molecule has 0 atom stereocenters. The molecule has 0 spiro atoms. The Morgan fingerprint density at radius 3 is 2.63 bits per heavy atom. The Morgan fingerprint density at radius 2 is 1.93 bits per heavy atom. The molecule has 3 amide bonds. The molecule has 0 unspecified atom stereocenters. The van der Waals surface area contributed by atoms with Crippen LogP contribution >= 0.6 is 34.4 Å². The SMILES string of the molecule is Cc1ccc(NC(=O)CN2C(=O)S/C(=C\c3ccccc3I)C2=O)c(C)c1. The third-order valence-electron chi connectivity index (χ3n) is 4.02. The number of hydrogen-bond acceptors (Lipinski definition) is 4. The van der Waals surface area contributed by atoms with Crippen LogP contribution in [0.15, 0.2) is 47.4 Å². The third-order valence-corrected chi connectivity index (χ3v) is 5.91. The van der Waals surface area contributed by atoms with Gasteiger partial charge in [0.15, 0.2) is 0 Å². The number of thioether (sulfide) groups is 1. The van der Waals surface area contributed by atoms with Crippen molar-refractivity contribution in [2.45, 2.75) is 13.8 Å². The molecule has 1 aliphatic rings. The molecule has 0 aromatic heterocycles. The summed E-state index contributed by atoms with van der Waals surface area (Å²) in [5, 5.41) is 2.33. The molecule has 1 saturated heterocycles. The molecular formula is C20H17IN2O3S. The molecular weight excluding hydrogens is 475 g/mol. The van der Waals surface area contributed by atoms with Gasteiger partial charge in [0.2, 0.25) is 5.91 Å². The number of nitrogens with zero attached hydrogens (tertiary/aromatic N) is 1. The summed E-state index contributed by atoms with van der Waals surface area (Å²) >= 11 is 3.03. The van der Waals surface area contributed by atoms with Crippen molar-refractivity contribution in [3.05, 3.63) is 67.6 Å². The molecule has 3 rings (SSSR count). The first-order valence-corrected chi connectivity index (χ1v) is 10.1. The summed E-state index contributed by atoms with van der Waals surface area (Å²) in [6.45, 7) is 3.56. The van der Waals surface area contributed by atoms with Crippen molar-refractivity contribution in [2.75, 3.05) is 11.9 Å². The molecule has 7 heteroatoms. The van der Waals surface area contributed by atoms with E-state index in [2.05, 4.69) is 27.9 Å². The first-order chi connectivity index (χ1) is 12.8. The van der Waals surface area contributed by atoms with Gasteiger partial charge in [-0.1, -0.05) is 35.9 Å². The van der Waals surface area contributed by atoms with Crippen LogP contribution in [0, 0.1) is 17.4 Å². The summed E-state index contributed by atoms with van der Waals surface area (Å²) < 4.78 is 0.981. The molecule has 1 heterocycles. The Kier molecular flexibility index (Phi) is 6.01. The lowest BCUT2D eigenvalue weighted by Crippen LogP contribution is -2.36. The first kappa shape index (κ1) is 19.6. The summed E-state index contributed by atoms with van der Waals surface area (Å²) in [5.41, 5.74) is 3.56. The van der Waals surface area contributed by atoms with E-state index in [1.54, 1.807) is 6.08 Å². The van der Waals surface area contributed by atoms with Gasteiger partial charge in [-0.15, -0.1) is 0 Å². The van der Waals surface area contributed by atoms with E-state index in [0.29, 0.717) is 10.6 Å². The minimum Gasteiger partial charge on any atom is -0.324 e. The fourth-order valence-corrected chi connectivity index (χ4v) is 4.03. The number of anilines is 1. The quantitative estimate of drug-likeness (QED) is 0.501. The van der Waals surface area contributed by atoms with E-state index in [1.807, 2.05) is 56.3 Å². The van der Waals surface area contributed by atoms with Crippen LogP contribution in [0.1, 0.15) is 16.7 Å². The molecule has 138 valence electrons. The number of nitrogens with one attached hydrogen (secondary N) is 1. The molecule has 0 radical (unpaired) electrons. The molecule has 2 aromatic rings. The largest absolute Gasteiger partial charge is 0.324 e. The number of hydrogen-bond donors (Lipinski definition) is 1. The van der Waals surface area contributed by atoms with Crippen molar-refractivity contribution in [1.82, 2.24) is 4.90 Å². The monoisotopic (exact) mass is 492 g/mol. The van der Waals surface area contributed by atoms with Crippen LogP contribution in [0.2, 0.25) is 0 Å². The van der Waals surface area contributed by atoms with Gasteiger partial charge < -0.3 is 5.32 Å². The number of benzene rings is 2. The standard InChI is InChI=1S/C20H17IN2O3S/c1-12-7-8-16(13(2)9-12)22-18(24)11-23-19(25)17(27-20(23)26)10-14-5-3-4-6-15(14)21/h3-10H,11H2,1-2H3,(H,22,24)/b17-10-. The predicted octanol–water partition coefficient (Wildman–Crippen LogP) is 4.58. The summed E-state index contributed by atoms with van der Waals surface area (Å²) in [6.07, 6.45) is 1.69. The van der Waals surface area contributed by atoms with Crippen LogP contribution in [0.3, 0.4) is 0 Å². The van der Waals surface area contributed by atoms with Crippen LogP contribution in [-0.4, -0.2) is 28.5 Å². The van der Waals surface area contributed by atoms with Crippen LogP contribution in [0.25, 0.3) is 6.08 Å². The minimum absolute atomic E-state index is 0.304. The van der Waals surface area contributed by atoms with Crippen molar-refractivity contribution >= 4 is 63.2 Å². The number of amides is 3. The number of halogens is 1. The molecule has 27 heavy (non-hydrogen) atoms. The first-order valence-electron chi connectivity index (χ1n) is 8.22. The second kappa shape index (κ2) is 8.26. The predicted molar refractivity (Wildman–Crippen MR) is 116 cm³/mol. The molecule has 1 N–H and O–H groups in total. The molecule has 0 aliphatic carbocycles. The van der Waals surface area contributed by atoms with Crippen molar-refractivity contribution in [1.29, 1.82) is 0 Å². The molecule has 0 saturated carbocycles. The number of aryl methyl sites for hydroxylation is 2. The van der Waals surface area contributed by atoms with E-state index in [0.717, 1.165) is 36.9 Å². The highest BCUT2D eigenvalue weighted by Crippen LogP contribution is 2.32. The van der Waals surface area contributed by atoms with E-state index in [1.165, 1.54) is 0 Å². The van der Waals surface area contributed by atoms with Gasteiger partial charge in [0.05, 0.1) is 4.91 Å². The zero-order valence-corrected chi connectivity index (χ0v) is 17.8. The normalized spacial score (nSPS) is 15.5. The Hall–Kier alpha value is -2.13. The Morgan fingerprint density at radius 1 is 1.19 bits per heavy atom. The second-order valence-electron chi connectivity index (χ2n) is 6.16. The Balaban J connectivity index is 1.72. The van der Waals surface area contributed by atoms with Crippen molar-refractivity contribution in [2.24, 2.45) is 0 Å². The second-order valence-corrected chi connectivity index (χ2v) is 8.31. The molecule has 2 aromatic carbocycles. The number of carbonyl (C=O) groups is 3. The smallest absolute Gasteiger partial charge is 0.294 e. The molecule has 5 nitrogen and oxygen atoms in total. The molecule has 0 bridgehead atoms. The van der Waals surface area contributed by atoms with Crippen molar-refractivity contribution in [3.63, 3.8) is 0 Å².